The summed E-state index contributed by atoms with van der Waals surface area (Å²) in [6, 6.07) is 7.28. The number of benzene rings is 1. The Morgan fingerprint density at radius 1 is 1.37 bits per heavy atom. The van der Waals surface area contributed by atoms with Crippen LogP contribution in [0.4, 0.5) is 0 Å². The Balaban J connectivity index is 1.75. The van der Waals surface area contributed by atoms with Crippen molar-refractivity contribution in [2.75, 3.05) is 6.61 Å². The van der Waals surface area contributed by atoms with Gasteiger partial charge in [0, 0.05) is 12.5 Å². The maximum Gasteiger partial charge on any atom is 0.309 e. The van der Waals surface area contributed by atoms with Crippen molar-refractivity contribution in [3.05, 3.63) is 36.2 Å². The first-order chi connectivity index (χ1) is 14.3. The third-order valence-electron chi connectivity index (χ3n) is 5.71. The Bertz CT molecular complexity index is 893. The van der Waals surface area contributed by atoms with Gasteiger partial charge in [0.2, 0.25) is 5.91 Å². The van der Waals surface area contributed by atoms with E-state index in [2.05, 4.69) is 15.6 Å². The molecule has 0 spiro atoms. The molecule has 8 heteroatoms. The summed E-state index contributed by atoms with van der Waals surface area (Å²) in [7, 11) is 0. The summed E-state index contributed by atoms with van der Waals surface area (Å²) in [6.45, 7) is 5.89. The molecule has 1 aliphatic carbocycles. The van der Waals surface area contributed by atoms with Crippen LogP contribution in [0.15, 0.2) is 30.5 Å². The summed E-state index contributed by atoms with van der Waals surface area (Å²) in [5.41, 5.74) is 0.414. The van der Waals surface area contributed by atoms with E-state index in [1.807, 2.05) is 37.4 Å². The molecule has 30 heavy (non-hydrogen) atoms. The molecule has 1 aliphatic rings. The van der Waals surface area contributed by atoms with Crippen molar-refractivity contribution in [1.82, 2.24) is 20.3 Å². The van der Waals surface area contributed by atoms with Crippen LogP contribution in [0.25, 0.3) is 5.69 Å². The smallest absolute Gasteiger partial charge is 0.309 e. The number of carboxylic acids is 1. The molecule has 1 saturated carbocycles. The van der Waals surface area contributed by atoms with Crippen molar-refractivity contribution in [3.63, 3.8) is 0 Å². The molecular weight excluding hydrogens is 384 g/mol. The van der Waals surface area contributed by atoms with Crippen molar-refractivity contribution in [1.29, 1.82) is 0 Å². The number of carbonyl (C=O) groups excluding carboxylic acids is 1. The van der Waals surface area contributed by atoms with Crippen molar-refractivity contribution in [2.45, 2.75) is 58.9 Å². The van der Waals surface area contributed by atoms with Crippen LogP contribution >= 0.6 is 0 Å². The monoisotopic (exact) mass is 414 g/mol. The molecule has 8 nitrogen and oxygen atoms in total. The molecule has 0 aliphatic heterocycles. The first kappa shape index (κ1) is 21.8. The molecule has 2 aromatic rings. The molecule has 2 atom stereocenters. The van der Waals surface area contributed by atoms with E-state index >= 15 is 0 Å². The molecule has 2 N–H and O–H groups in total. The van der Waals surface area contributed by atoms with E-state index in [9.17, 15) is 14.7 Å². The molecule has 0 radical (unpaired) electrons. The highest BCUT2D eigenvalue weighted by molar-refractivity contribution is 5.84. The van der Waals surface area contributed by atoms with Gasteiger partial charge in [0.25, 0.3) is 0 Å². The second kappa shape index (κ2) is 9.28. The predicted molar refractivity (Wildman–Crippen MR) is 111 cm³/mol. The van der Waals surface area contributed by atoms with Gasteiger partial charge < -0.3 is 15.2 Å². The normalized spacial score (nSPS) is 16.5. The number of aromatic nitrogens is 3. The van der Waals surface area contributed by atoms with Crippen molar-refractivity contribution in [3.8, 4) is 11.4 Å². The van der Waals surface area contributed by atoms with E-state index in [0.717, 1.165) is 30.7 Å². The van der Waals surface area contributed by atoms with Gasteiger partial charge >= 0.3 is 5.97 Å². The quantitative estimate of drug-likeness (QED) is 0.583. The number of hydrogen-bond acceptors (Lipinski definition) is 5. The van der Waals surface area contributed by atoms with Gasteiger partial charge in [-0.25, -0.2) is 4.68 Å². The minimum Gasteiger partial charge on any atom is -0.494 e. The molecule has 2 unspecified atom stereocenters. The number of ether oxygens (including phenoxy) is 1. The van der Waals surface area contributed by atoms with Crippen molar-refractivity contribution >= 4 is 11.9 Å². The van der Waals surface area contributed by atoms with E-state index in [-0.39, 0.29) is 18.4 Å². The Morgan fingerprint density at radius 2 is 2.13 bits per heavy atom. The Hall–Kier alpha value is -2.90. The van der Waals surface area contributed by atoms with Gasteiger partial charge in [0.05, 0.1) is 29.9 Å². The molecule has 0 bridgehead atoms. The standard InChI is InChI=1S/C22H30N4O4/c1-4-22(3,21(28)29)13-20(27)23-18(11-15-9-10-15)19-14-26(25-24-19)16-7-6-8-17(12-16)30-5-2/h6-8,12,14-15,18H,4-5,9-11,13H2,1-3H3,(H,23,27)(H,28,29). The SMILES string of the molecule is CCOc1cccc(-n2cc(C(CC3CC3)NC(=O)CC(C)(CC)C(=O)O)nn2)c1. The number of rotatable bonds is 11. The van der Waals surface area contributed by atoms with E-state index in [1.54, 1.807) is 18.5 Å². The molecule has 1 aromatic heterocycles. The number of nitrogens with zero attached hydrogens (tertiary/aromatic N) is 3. The third kappa shape index (κ3) is 5.37. The van der Waals surface area contributed by atoms with Crippen LogP contribution in [0.5, 0.6) is 5.75 Å². The number of aliphatic carboxylic acids is 1. The van der Waals surface area contributed by atoms with Crippen molar-refractivity contribution < 1.29 is 19.4 Å². The average Bonchev–Trinajstić information content (AvgIpc) is 3.39. The predicted octanol–water partition coefficient (Wildman–Crippen LogP) is 3.51. The van der Waals surface area contributed by atoms with Crippen LogP contribution in [0.1, 0.15) is 64.6 Å². The number of amides is 1. The zero-order valence-electron chi connectivity index (χ0n) is 17.8. The van der Waals surface area contributed by atoms with Gasteiger partial charge in [-0.3, -0.25) is 9.59 Å². The van der Waals surface area contributed by atoms with Crippen LogP contribution in [0.3, 0.4) is 0 Å². The number of carboxylic acid groups (broad SMARTS) is 1. The van der Waals surface area contributed by atoms with Crippen LogP contribution in [-0.4, -0.2) is 38.6 Å². The minimum absolute atomic E-state index is 0.0649. The van der Waals surface area contributed by atoms with Gasteiger partial charge in [0.15, 0.2) is 0 Å². The fourth-order valence-electron chi connectivity index (χ4n) is 3.34. The largest absolute Gasteiger partial charge is 0.494 e. The van der Waals surface area contributed by atoms with E-state index < -0.39 is 11.4 Å². The zero-order chi connectivity index (χ0) is 21.7. The Kier molecular flexibility index (Phi) is 6.74. The van der Waals surface area contributed by atoms with Gasteiger partial charge in [-0.15, -0.1) is 5.10 Å². The van der Waals surface area contributed by atoms with Crippen LogP contribution in [0, 0.1) is 11.3 Å². The number of hydrogen-bond donors (Lipinski definition) is 2. The van der Waals surface area contributed by atoms with Gasteiger partial charge in [0.1, 0.15) is 11.4 Å². The molecular formula is C22H30N4O4. The lowest BCUT2D eigenvalue weighted by atomic mass is 9.83. The first-order valence-corrected chi connectivity index (χ1v) is 10.5. The lowest BCUT2D eigenvalue weighted by Crippen LogP contribution is -2.37. The molecule has 0 saturated heterocycles. The fourth-order valence-corrected chi connectivity index (χ4v) is 3.34. The van der Waals surface area contributed by atoms with E-state index in [4.69, 9.17) is 4.74 Å². The zero-order valence-corrected chi connectivity index (χ0v) is 17.8. The lowest BCUT2D eigenvalue weighted by Gasteiger charge is -2.24. The van der Waals surface area contributed by atoms with Crippen molar-refractivity contribution in [2.24, 2.45) is 11.3 Å². The highest BCUT2D eigenvalue weighted by Crippen LogP contribution is 2.37. The van der Waals surface area contributed by atoms with Crippen LogP contribution in [0.2, 0.25) is 0 Å². The third-order valence-corrected chi connectivity index (χ3v) is 5.71. The summed E-state index contributed by atoms with van der Waals surface area (Å²) < 4.78 is 7.21. The summed E-state index contributed by atoms with van der Waals surface area (Å²) in [4.78, 5) is 24.2. The topological polar surface area (TPSA) is 106 Å². The lowest BCUT2D eigenvalue weighted by molar-refractivity contribution is -0.151. The van der Waals surface area contributed by atoms with E-state index in [0.29, 0.717) is 24.6 Å². The average molecular weight is 415 g/mol. The summed E-state index contributed by atoms with van der Waals surface area (Å²) in [6.07, 6.45) is 5.19. The molecule has 162 valence electrons. The summed E-state index contributed by atoms with van der Waals surface area (Å²) >= 11 is 0. The highest BCUT2D eigenvalue weighted by atomic mass is 16.5. The molecule has 3 rings (SSSR count). The van der Waals surface area contributed by atoms with Gasteiger partial charge in [-0.05, 0) is 44.7 Å². The number of nitrogens with one attached hydrogen (secondary N) is 1. The first-order valence-electron chi connectivity index (χ1n) is 10.5. The number of carbonyl (C=O) groups is 2. The summed E-state index contributed by atoms with van der Waals surface area (Å²) in [5.74, 6) is 0.0699. The maximum atomic E-state index is 12.7. The van der Waals surface area contributed by atoms with Crippen LogP contribution < -0.4 is 10.1 Å². The second-order valence-electron chi connectivity index (χ2n) is 8.21. The van der Waals surface area contributed by atoms with Gasteiger partial charge in [-0.1, -0.05) is 31.0 Å². The Labute approximate surface area is 176 Å². The summed E-state index contributed by atoms with van der Waals surface area (Å²) in [5, 5.41) is 21.0. The minimum atomic E-state index is -1.08. The maximum absolute atomic E-state index is 12.7. The Morgan fingerprint density at radius 3 is 2.77 bits per heavy atom. The molecule has 1 aromatic carbocycles. The molecule has 1 heterocycles. The van der Waals surface area contributed by atoms with Gasteiger partial charge in [-0.2, -0.15) is 0 Å². The highest BCUT2D eigenvalue weighted by Gasteiger charge is 2.35. The fraction of sp³-hybridized carbons (Fsp3) is 0.545. The van der Waals surface area contributed by atoms with Crippen LogP contribution in [-0.2, 0) is 9.59 Å². The van der Waals surface area contributed by atoms with E-state index in [1.165, 1.54) is 0 Å². The molecule has 1 amide bonds. The second-order valence-corrected chi connectivity index (χ2v) is 8.21. The molecule has 1 fully saturated rings.